The van der Waals surface area contributed by atoms with E-state index in [1.54, 1.807) is 0 Å². The van der Waals surface area contributed by atoms with Gasteiger partial charge in [0.05, 0.1) is 0 Å². The second-order valence-corrected chi connectivity index (χ2v) is 3.36. The fourth-order valence-electron chi connectivity index (χ4n) is 0.729. The van der Waals surface area contributed by atoms with Crippen LogP contribution in [0.4, 0.5) is 5.82 Å². The lowest BCUT2D eigenvalue weighted by atomic mass is 10.4. The molecule has 66 valence electrons. The number of aromatic nitrogens is 2. The third-order valence-corrected chi connectivity index (χ3v) is 1.53. The van der Waals surface area contributed by atoms with Crippen molar-refractivity contribution in [3.63, 3.8) is 0 Å². The number of hydrogen-bond acceptors (Lipinski definition) is 4. The maximum Gasteiger partial charge on any atom is 0.182 e. The molecule has 0 aliphatic rings. The Balaban J connectivity index is 2.77. The third kappa shape index (κ3) is 2.84. The Kier molecular flexibility index (Phi) is 3.41. The van der Waals surface area contributed by atoms with Crippen molar-refractivity contribution in [3.05, 3.63) is 29.1 Å². The van der Waals surface area contributed by atoms with Crippen molar-refractivity contribution >= 4 is 21.7 Å². The van der Waals surface area contributed by atoms with Crippen molar-refractivity contribution in [3.8, 4) is 6.07 Å². The van der Waals surface area contributed by atoms with Gasteiger partial charge in [-0.3, -0.25) is 0 Å². The molecule has 0 aromatic carbocycles. The normalized spacial score (nSPS) is 8.92. The maximum atomic E-state index is 8.66. The zero-order valence-corrected chi connectivity index (χ0v) is 8.37. The van der Waals surface area contributed by atoms with Crippen molar-refractivity contribution in [1.29, 1.82) is 5.26 Å². The highest BCUT2D eigenvalue weighted by atomic mass is 79.9. The van der Waals surface area contributed by atoms with Crippen LogP contribution in [-0.4, -0.2) is 16.5 Å². The van der Waals surface area contributed by atoms with Gasteiger partial charge in [0, 0.05) is 23.4 Å². The van der Waals surface area contributed by atoms with Crippen molar-refractivity contribution in [2.45, 2.75) is 0 Å². The van der Waals surface area contributed by atoms with Crippen molar-refractivity contribution in [2.24, 2.45) is 0 Å². The molecule has 0 unspecified atom stereocenters. The molecule has 1 aromatic rings. The first-order valence-electron chi connectivity index (χ1n) is 3.52. The molecule has 1 heterocycles. The van der Waals surface area contributed by atoms with Crippen LogP contribution in [-0.2, 0) is 0 Å². The van der Waals surface area contributed by atoms with Gasteiger partial charge in [0.2, 0.25) is 0 Å². The summed E-state index contributed by atoms with van der Waals surface area (Å²) in [5.41, 5.74) is 0.288. The Morgan fingerprint density at radius 3 is 2.92 bits per heavy atom. The van der Waals surface area contributed by atoms with Gasteiger partial charge in [-0.1, -0.05) is 22.5 Å². The number of nitrogens with zero attached hydrogens (tertiary/aromatic N) is 3. The van der Waals surface area contributed by atoms with E-state index >= 15 is 0 Å². The summed E-state index contributed by atoms with van der Waals surface area (Å²) in [4.78, 5) is 7.81. The first kappa shape index (κ1) is 9.68. The van der Waals surface area contributed by atoms with Gasteiger partial charge >= 0.3 is 0 Å². The summed E-state index contributed by atoms with van der Waals surface area (Å²) in [6.07, 6.45) is 3.01. The SMILES string of the molecule is C=C(Br)CNc1nccnc1C#N. The molecule has 1 rings (SSSR count). The van der Waals surface area contributed by atoms with Crippen LogP contribution in [0.15, 0.2) is 23.5 Å². The zero-order chi connectivity index (χ0) is 9.68. The van der Waals surface area contributed by atoms with Crippen LogP contribution in [0.5, 0.6) is 0 Å². The van der Waals surface area contributed by atoms with Crippen LogP contribution >= 0.6 is 15.9 Å². The van der Waals surface area contributed by atoms with Gasteiger partial charge in [0.25, 0.3) is 0 Å². The molecule has 0 amide bonds. The summed E-state index contributed by atoms with van der Waals surface area (Å²) >= 11 is 3.19. The molecule has 1 aromatic heterocycles. The summed E-state index contributed by atoms with van der Waals surface area (Å²) in [6, 6.07) is 1.94. The number of halogens is 1. The lowest BCUT2D eigenvalue weighted by Gasteiger charge is -2.03. The Morgan fingerprint density at radius 1 is 1.62 bits per heavy atom. The first-order valence-corrected chi connectivity index (χ1v) is 4.31. The first-order chi connectivity index (χ1) is 6.24. The molecular weight excluding hydrogens is 232 g/mol. The minimum Gasteiger partial charge on any atom is -0.363 e. The topological polar surface area (TPSA) is 61.6 Å². The highest BCUT2D eigenvalue weighted by molar-refractivity contribution is 9.11. The fraction of sp³-hybridized carbons (Fsp3) is 0.125. The highest BCUT2D eigenvalue weighted by Gasteiger charge is 2.01. The van der Waals surface area contributed by atoms with Crippen LogP contribution in [0.3, 0.4) is 0 Å². The number of hydrogen-bond donors (Lipinski definition) is 1. The largest absolute Gasteiger partial charge is 0.363 e. The Labute approximate surface area is 84.5 Å². The van der Waals surface area contributed by atoms with Crippen LogP contribution in [0.2, 0.25) is 0 Å². The van der Waals surface area contributed by atoms with E-state index in [1.165, 1.54) is 12.4 Å². The molecular formula is C8H7BrN4. The summed E-state index contributed by atoms with van der Waals surface area (Å²) < 4.78 is 0.794. The monoisotopic (exact) mass is 238 g/mol. The molecule has 0 atom stereocenters. The van der Waals surface area contributed by atoms with Gasteiger partial charge in [-0.25, -0.2) is 9.97 Å². The minimum atomic E-state index is 0.288. The molecule has 4 nitrogen and oxygen atoms in total. The van der Waals surface area contributed by atoms with Crippen LogP contribution in [0.25, 0.3) is 0 Å². The number of anilines is 1. The van der Waals surface area contributed by atoms with E-state index in [4.69, 9.17) is 5.26 Å². The molecule has 0 fully saturated rings. The number of rotatable bonds is 3. The molecule has 0 spiro atoms. The minimum absolute atomic E-state index is 0.288. The zero-order valence-electron chi connectivity index (χ0n) is 6.79. The van der Waals surface area contributed by atoms with E-state index in [0.29, 0.717) is 12.4 Å². The van der Waals surface area contributed by atoms with Crippen LogP contribution in [0, 0.1) is 11.3 Å². The van der Waals surface area contributed by atoms with Gasteiger partial charge < -0.3 is 5.32 Å². The Bertz CT molecular complexity index is 355. The smallest absolute Gasteiger partial charge is 0.182 e. The van der Waals surface area contributed by atoms with Gasteiger partial charge in [0.15, 0.2) is 11.5 Å². The van der Waals surface area contributed by atoms with E-state index < -0.39 is 0 Å². The summed E-state index contributed by atoms with van der Waals surface area (Å²) in [7, 11) is 0. The number of nitrogens with one attached hydrogen (secondary N) is 1. The standard InChI is InChI=1S/C8H7BrN4/c1-6(9)5-13-8-7(4-10)11-2-3-12-8/h2-3H,1,5H2,(H,12,13). The Hall–Kier alpha value is -1.41. The molecule has 0 bridgehead atoms. The molecule has 0 radical (unpaired) electrons. The van der Waals surface area contributed by atoms with E-state index in [1.807, 2.05) is 6.07 Å². The average molecular weight is 239 g/mol. The lowest BCUT2D eigenvalue weighted by molar-refractivity contribution is 1.13. The molecule has 0 aliphatic carbocycles. The second kappa shape index (κ2) is 4.58. The molecule has 0 saturated heterocycles. The highest BCUT2D eigenvalue weighted by Crippen LogP contribution is 2.08. The van der Waals surface area contributed by atoms with Crippen LogP contribution in [0.1, 0.15) is 5.69 Å². The fourth-order valence-corrected chi connectivity index (χ4v) is 0.869. The molecule has 0 aliphatic heterocycles. The summed E-state index contributed by atoms with van der Waals surface area (Å²) in [5.74, 6) is 0.477. The van der Waals surface area contributed by atoms with Gasteiger partial charge in [-0.05, 0) is 0 Å². The molecule has 1 N–H and O–H groups in total. The second-order valence-electron chi connectivity index (χ2n) is 2.24. The van der Waals surface area contributed by atoms with Gasteiger partial charge in [0.1, 0.15) is 6.07 Å². The maximum absolute atomic E-state index is 8.66. The quantitative estimate of drug-likeness (QED) is 0.871. The van der Waals surface area contributed by atoms with E-state index in [2.05, 4.69) is 37.8 Å². The van der Waals surface area contributed by atoms with Crippen molar-refractivity contribution < 1.29 is 0 Å². The predicted molar refractivity (Wildman–Crippen MR) is 53.3 cm³/mol. The molecule has 13 heavy (non-hydrogen) atoms. The Morgan fingerprint density at radius 2 is 2.31 bits per heavy atom. The van der Waals surface area contributed by atoms with Crippen molar-refractivity contribution in [1.82, 2.24) is 9.97 Å². The van der Waals surface area contributed by atoms with Crippen LogP contribution < -0.4 is 5.32 Å². The van der Waals surface area contributed by atoms with Gasteiger partial charge in [-0.2, -0.15) is 5.26 Å². The van der Waals surface area contributed by atoms with Crippen molar-refractivity contribution in [2.75, 3.05) is 11.9 Å². The van der Waals surface area contributed by atoms with E-state index in [0.717, 1.165) is 4.48 Å². The lowest BCUT2D eigenvalue weighted by Crippen LogP contribution is -2.05. The van der Waals surface area contributed by atoms with E-state index in [9.17, 15) is 0 Å². The predicted octanol–water partition coefficient (Wildman–Crippen LogP) is 1.67. The summed E-state index contributed by atoms with van der Waals surface area (Å²) in [5, 5.41) is 11.6. The number of nitriles is 1. The van der Waals surface area contributed by atoms with E-state index in [-0.39, 0.29) is 5.69 Å². The molecule has 5 heteroatoms. The average Bonchev–Trinajstić information content (AvgIpc) is 2.15. The summed E-state index contributed by atoms with van der Waals surface area (Å²) in [6.45, 7) is 4.17. The van der Waals surface area contributed by atoms with Gasteiger partial charge in [-0.15, -0.1) is 0 Å². The molecule has 0 saturated carbocycles. The third-order valence-electron chi connectivity index (χ3n) is 1.25.